The van der Waals surface area contributed by atoms with E-state index in [2.05, 4.69) is 55.3 Å². The van der Waals surface area contributed by atoms with Gasteiger partial charge in [-0.25, -0.2) is 0 Å². The Kier molecular flexibility index (Phi) is 4.65. The van der Waals surface area contributed by atoms with E-state index in [-0.39, 0.29) is 0 Å². The molecule has 1 aliphatic rings. The average Bonchev–Trinajstić information content (AvgIpc) is 2.36. The van der Waals surface area contributed by atoms with Crippen molar-refractivity contribution in [2.24, 2.45) is 5.92 Å². The fourth-order valence-corrected chi connectivity index (χ4v) is 2.69. The quantitative estimate of drug-likeness (QED) is 0.803. The molecule has 2 heteroatoms. The van der Waals surface area contributed by atoms with Crippen LogP contribution in [0.1, 0.15) is 32.8 Å². The summed E-state index contributed by atoms with van der Waals surface area (Å²) in [5.41, 5.74) is 2.96. The summed E-state index contributed by atoms with van der Waals surface area (Å²) in [4.78, 5) is 2.56. The van der Waals surface area contributed by atoms with Crippen molar-refractivity contribution < 1.29 is 0 Å². The first kappa shape index (κ1) is 13.4. The van der Waals surface area contributed by atoms with E-state index in [4.69, 9.17) is 0 Å². The van der Waals surface area contributed by atoms with Crippen molar-refractivity contribution in [2.75, 3.05) is 24.5 Å². The van der Waals surface area contributed by atoms with Crippen LogP contribution in [0.3, 0.4) is 0 Å². The van der Waals surface area contributed by atoms with Crippen molar-refractivity contribution in [1.29, 1.82) is 0 Å². The van der Waals surface area contributed by atoms with Crippen LogP contribution in [0.5, 0.6) is 0 Å². The minimum Gasteiger partial charge on any atom is -0.367 e. The van der Waals surface area contributed by atoms with Crippen molar-refractivity contribution in [3.05, 3.63) is 29.8 Å². The number of para-hydroxylation sites is 1. The number of benzene rings is 1. The molecule has 1 aliphatic heterocycles. The zero-order valence-corrected chi connectivity index (χ0v) is 11.9. The molecule has 1 N–H and O–H groups in total. The molecule has 1 aromatic rings. The minimum atomic E-state index is 0.667. The molecule has 0 bridgehead atoms. The predicted octanol–water partition coefficient (Wildman–Crippen LogP) is 3.07. The lowest BCUT2D eigenvalue weighted by Gasteiger charge is -2.37. The van der Waals surface area contributed by atoms with Crippen LogP contribution in [0.4, 0.5) is 5.69 Å². The van der Waals surface area contributed by atoms with Crippen LogP contribution < -0.4 is 10.2 Å². The van der Waals surface area contributed by atoms with Gasteiger partial charge in [0.2, 0.25) is 0 Å². The van der Waals surface area contributed by atoms with E-state index in [1.54, 1.807) is 0 Å². The van der Waals surface area contributed by atoms with Crippen molar-refractivity contribution in [3.63, 3.8) is 0 Å². The molecule has 0 saturated heterocycles. The van der Waals surface area contributed by atoms with E-state index in [0.29, 0.717) is 6.04 Å². The van der Waals surface area contributed by atoms with Gasteiger partial charge < -0.3 is 10.2 Å². The third kappa shape index (κ3) is 3.26. The molecule has 0 amide bonds. The summed E-state index contributed by atoms with van der Waals surface area (Å²) >= 11 is 0. The molecule has 100 valence electrons. The van der Waals surface area contributed by atoms with Crippen LogP contribution in [-0.2, 0) is 6.42 Å². The van der Waals surface area contributed by atoms with E-state index in [1.807, 2.05) is 0 Å². The molecule has 0 spiro atoms. The van der Waals surface area contributed by atoms with E-state index >= 15 is 0 Å². The Morgan fingerprint density at radius 3 is 2.89 bits per heavy atom. The Bertz CT molecular complexity index is 373. The SMILES string of the molecule is CC(C)CNCCN1c2ccccc2CCC1C. The number of fused-ring (bicyclic) bond motifs is 1. The zero-order chi connectivity index (χ0) is 13.0. The maximum Gasteiger partial charge on any atom is 0.0401 e. The molecule has 1 heterocycles. The van der Waals surface area contributed by atoms with E-state index in [1.165, 1.54) is 24.1 Å². The van der Waals surface area contributed by atoms with Crippen LogP contribution in [0.25, 0.3) is 0 Å². The average molecular weight is 246 g/mol. The number of nitrogens with zero attached hydrogens (tertiary/aromatic N) is 1. The fourth-order valence-electron chi connectivity index (χ4n) is 2.69. The van der Waals surface area contributed by atoms with Gasteiger partial charge in [-0.2, -0.15) is 0 Å². The smallest absolute Gasteiger partial charge is 0.0401 e. The molecule has 1 aromatic carbocycles. The Morgan fingerprint density at radius 2 is 2.11 bits per heavy atom. The third-order valence-corrected chi connectivity index (χ3v) is 3.75. The second kappa shape index (κ2) is 6.24. The molecule has 0 radical (unpaired) electrons. The molecule has 1 unspecified atom stereocenters. The first-order valence-corrected chi connectivity index (χ1v) is 7.23. The molecule has 1 atom stereocenters. The standard InChI is InChI=1S/C16H26N2/c1-13(2)12-17-10-11-18-14(3)8-9-15-6-4-5-7-16(15)18/h4-7,13-14,17H,8-12H2,1-3H3. The molecule has 0 saturated carbocycles. The highest BCUT2D eigenvalue weighted by Crippen LogP contribution is 2.29. The number of aryl methyl sites for hydroxylation is 1. The fraction of sp³-hybridized carbons (Fsp3) is 0.625. The second-order valence-electron chi connectivity index (χ2n) is 5.81. The van der Waals surface area contributed by atoms with Crippen LogP contribution in [0.15, 0.2) is 24.3 Å². The van der Waals surface area contributed by atoms with Crippen LogP contribution in [-0.4, -0.2) is 25.7 Å². The number of anilines is 1. The highest BCUT2D eigenvalue weighted by atomic mass is 15.2. The number of hydrogen-bond acceptors (Lipinski definition) is 2. The predicted molar refractivity (Wildman–Crippen MR) is 79.3 cm³/mol. The Morgan fingerprint density at radius 1 is 1.33 bits per heavy atom. The van der Waals surface area contributed by atoms with Gasteiger partial charge in [0.05, 0.1) is 0 Å². The van der Waals surface area contributed by atoms with Gasteiger partial charge in [0.25, 0.3) is 0 Å². The van der Waals surface area contributed by atoms with E-state index < -0.39 is 0 Å². The molecule has 0 fully saturated rings. The maximum atomic E-state index is 3.54. The summed E-state index contributed by atoms with van der Waals surface area (Å²) in [6.45, 7) is 10.2. The molecule has 0 aromatic heterocycles. The van der Waals surface area contributed by atoms with Gasteiger partial charge in [0.1, 0.15) is 0 Å². The van der Waals surface area contributed by atoms with Crippen LogP contribution in [0.2, 0.25) is 0 Å². The summed E-state index contributed by atoms with van der Waals surface area (Å²) < 4.78 is 0. The van der Waals surface area contributed by atoms with Gasteiger partial charge in [-0.15, -0.1) is 0 Å². The zero-order valence-electron chi connectivity index (χ0n) is 11.9. The van der Waals surface area contributed by atoms with Crippen molar-refractivity contribution in [3.8, 4) is 0 Å². The monoisotopic (exact) mass is 246 g/mol. The molecule has 2 nitrogen and oxygen atoms in total. The van der Waals surface area contributed by atoms with Gasteiger partial charge in [-0.05, 0) is 43.9 Å². The van der Waals surface area contributed by atoms with Crippen LogP contribution >= 0.6 is 0 Å². The van der Waals surface area contributed by atoms with E-state index in [0.717, 1.165) is 25.6 Å². The van der Waals surface area contributed by atoms with Gasteiger partial charge in [0, 0.05) is 24.8 Å². The third-order valence-electron chi connectivity index (χ3n) is 3.75. The largest absolute Gasteiger partial charge is 0.367 e. The Hall–Kier alpha value is -1.02. The first-order valence-electron chi connectivity index (χ1n) is 7.23. The second-order valence-corrected chi connectivity index (χ2v) is 5.81. The molecule has 18 heavy (non-hydrogen) atoms. The molecule has 2 rings (SSSR count). The molecular formula is C16H26N2. The highest BCUT2D eigenvalue weighted by molar-refractivity contribution is 5.56. The van der Waals surface area contributed by atoms with Gasteiger partial charge in [-0.1, -0.05) is 32.0 Å². The summed E-state index contributed by atoms with van der Waals surface area (Å²) in [5.74, 6) is 0.732. The number of rotatable bonds is 5. The summed E-state index contributed by atoms with van der Waals surface area (Å²) in [5, 5.41) is 3.54. The van der Waals surface area contributed by atoms with Crippen molar-refractivity contribution in [1.82, 2.24) is 5.32 Å². The first-order chi connectivity index (χ1) is 8.68. The number of nitrogens with one attached hydrogen (secondary N) is 1. The van der Waals surface area contributed by atoms with Gasteiger partial charge in [-0.3, -0.25) is 0 Å². The van der Waals surface area contributed by atoms with Crippen LogP contribution in [0, 0.1) is 5.92 Å². The number of hydrogen-bond donors (Lipinski definition) is 1. The maximum absolute atomic E-state index is 3.54. The van der Waals surface area contributed by atoms with Crippen molar-refractivity contribution >= 4 is 5.69 Å². The summed E-state index contributed by atoms with van der Waals surface area (Å²) in [6, 6.07) is 9.53. The van der Waals surface area contributed by atoms with Gasteiger partial charge in [0.15, 0.2) is 0 Å². The molecule has 0 aliphatic carbocycles. The van der Waals surface area contributed by atoms with E-state index in [9.17, 15) is 0 Å². The highest BCUT2D eigenvalue weighted by Gasteiger charge is 2.21. The normalized spacial score (nSPS) is 19.1. The Balaban J connectivity index is 1.94. The molecular weight excluding hydrogens is 220 g/mol. The van der Waals surface area contributed by atoms with Crippen molar-refractivity contribution in [2.45, 2.75) is 39.7 Å². The van der Waals surface area contributed by atoms with Gasteiger partial charge >= 0.3 is 0 Å². The summed E-state index contributed by atoms with van der Waals surface area (Å²) in [6.07, 6.45) is 2.51. The Labute approximate surface area is 111 Å². The summed E-state index contributed by atoms with van der Waals surface area (Å²) in [7, 11) is 0. The lowest BCUT2D eigenvalue weighted by Crippen LogP contribution is -2.42. The lowest BCUT2D eigenvalue weighted by molar-refractivity contribution is 0.517. The minimum absolute atomic E-state index is 0.667. The lowest BCUT2D eigenvalue weighted by atomic mass is 9.97. The topological polar surface area (TPSA) is 15.3 Å².